The fraction of sp³-hybridized carbons (Fsp3) is 0.500. The van der Waals surface area contributed by atoms with Gasteiger partial charge in [-0.25, -0.2) is 0 Å². The lowest BCUT2D eigenvalue weighted by molar-refractivity contribution is -0.145. The molecule has 0 aliphatic heterocycles. The molecular weight excluding hydrogens is 260 g/mol. The minimum atomic E-state index is -0.675. The molecule has 0 saturated heterocycles. The molecule has 6 heteroatoms. The standard InChI is InChI=1S/C14H20N2O4/c1-10(14(19)20-3)8-16(9-11(2)17)13(18)12-4-6-15-7-5-12/h4-7,10-11,17H,8-9H2,1-3H3. The predicted molar refractivity (Wildman–Crippen MR) is 73.0 cm³/mol. The van der Waals surface area contributed by atoms with Crippen molar-refractivity contribution in [2.24, 2.45) is 5.92 Å². The summed E-state index contributed by atoms with van der Waals surface area (Å²) < 4.78 is 4.65. The number of amides is 1. The molecule has 1 aromatic rings. The largest absolute Gasteiger partial charge is 0.469 e. The fourth-order valence-corrected chi connectivity index (χ4v) is 1.84. The van der Waals surface area contributed by atoms with Crippen molar-refractivity contribution >= 4 is 11.9 Å². The van der Waals surface area contributed by atoms with Gasteiger partial charge in [0, 0.05) is 31.0 Å². The van der Waals surface area contributed by atoms with Crippen molar-refractivity contribution in [3.05, 3.63) is 30.1 Å². The number of ether oxygens (including phenoxy) is 1. The van der Waals surface area contributed by atoms with Gasteiger partial charge in [-0.2, -0.15) is 0 Å². The van der Waals surface area contributed by atoms with Crippen LogP contribution >= 0.6 is 0 Å². The second kappa shape index (κ2) is 7.59. The first-order valence-corrected chi connectivity index (χ1v) is 6.41. The number of hydrogen-bond donors (Lipinski definition) is 1. The minimum absolute atomic E-state index is 0.155. The number of esters is 1. The molecule has 0 fully saturated rings. The zero-order valence-corrected chi connectivity index (χ0v) is 11.9. The van der Waals surface area contributed by atoms with Gasteiger partial charge in [0.25, 0.3) is 5.91 Å². The van der Waals surface area contributed by atoms with Crippen molar-refractivity contribution in [2.45, 2.75) is 20.0 Å². The van der Waals surface area contributed by atoms with E-state index in [4.69, 9.17) is 0 Å². The number of carbonyl (C=O) groups is 2. The molecule has 0 bridgehead atoms. The maximum absolute atomic E-state index is 12.4. The second-order valence-corrected chi connectivity index (χ2v) is 4.72. The van der Waals surface area contributed by atoms with Gasteiger partial charge in [-0.1, -0.05) is 6.92 Å². The van der Waals surface area contributed by atoms with Crippen molar-refractivity contribution < 1.29 is 19.4 Å². The van der Waals surface area contributed by atoms with Gasteiger partial charge >= 0.3 is 5.97 Å². The van der Waals surface area contributed by atoms with Crippen LogP contribution in [0, 0.1) is 5.92 Å². The summed E-state index contributed by atoms with van der Waals surface area (Å²) in [5.41, 5.74) is 0.470. The number of rotatable bonds is 6. The molecule has 0 saturated carbocycles. The summed E-state index contributed by atoms with van der Waals surface area (Å²) in [5.74, 6) is -1.09. The third kappa shape index (κ3) is 4.62. The first-order chi connectivity index (χ1) is 9.45. The van der Waals surface area contributed by atoms with Crippen LogP contribution in [0.5, 0.6) is 0 Å². The number of aliphatic hydroxyl groups is 1. The summed E-state index contributed by atoms with van der Waals surface area (Å²) in [6.45, 7) is 3.62. The highest BCUT2D eigenvalue weighted by molar-refractivity contribution is 5.94. The SMILES string of the molecule is COC(=O)C(C)CN(CC(C)O)C(=O)c1ccncc1. The number of aliphatic hydroxyl groups excluding tert-OH is 1. The molecule has 0 spiro atoms. The topological polar surface area (TPSA) is 79.7 Å². The molecule has 2 unspecified atom stereocenters. The average molecular weight is 280 g/mol. The molecule has 0 aromatic carbocycles. The molecule has 20 heavy (non-hydrogen) atoms. The molecule has 0 aliphatic carbocycles. The van der Waals surface area contributed by atoms with Gasteiger partial charge in [0.1, 0.15) is 0 Å². The van der Waals surface area contributed by atoms with Crippen LogP contribution in [0.15, 0.2) is 24.5 Å². The molecule has 1 aromatic heterocycles. The Morgan fingerprint density at radius 1 is 1.30 bits per heavy atom. The van der Waals surface area contributed by atoms with E-state index in [1.165, 1.54) is 24.4 Å². The van der Waals surface area contributed by atoms with Crippen molar-refractivity contribution in [3.8, 4) is 0 Å². The van der Waals surface area contributed by atoms with Crippen molar-refractivity contribution in [3.63, 3.8) is 0 Å². The fourth-order valence-electron chi connectivity index (χ4n) is 1.84. The van der Waals surface area contributed by atoms with E-state index < -0.39 is 12.0 Å². The average Bonchev–Trinajstić information content (AvgIpc) is 2.45. The van der Waals surface area contributed by atoms with E-state index in [0.717, 1.165) is 0 Å². The molecular formula is C14H20N2O4. The molecule has 1 heterocycles. The lowest BCUT2D eigenvalue weighted by Gasteiger charge is -2.26. The highest BCUT2D eigenvalue weighted by atomic mass is 16.5. The van der Waals surface area contributed by atoms with Gasteiger partial charge in [-0.05, 0) is 19.1 Å². The van der Waals surface area contributed by atoms with E-state index in [0.29, 0.717) is 5.56 Å². The summed E-state index contributed by atoms with van der Waals surface area (Å²) >= 11 is 0. The first-order valence-electron chi connectivity index (χ1n) is 6.41. The van der Waals surface area contributed by atoms with Crippen LogP contribution in [-0.4, -0.2) is 53.2 Å². The van der Waals surface area contributed by atoms with Crippen LogP contribution in [0.4, 0.5) is 0 Å². The summed E-state index contributed by atoms with van der Waals surface area (Å²) in [5, 5.41) is 9.50. The normalized spacial score (nSPS) is 13.4. The van der Waals surface area contributed by atoms with Gasteiger partial charge in [0.15, 0.2) is 0 Å². The van der Waals surface area contributed by atoms with Gasteiger partial charge in [0.2, 0.25) is 0 Å². The Balaban J connectivity index is 2.84. The van der Waals surface area contributed by atoms with Crippen LogP contribution in [-0.2, 0) is 9.53 Å². The van der Waals surface area contributed by atoms with E-state index in [2.05, 4.69) is 9.72 Å². The van der Waals surface area contributed by atoms with E-state index in [9.17, 15) is 14.7 Å². The lowest BCUT2D eigenvalue weighted by atomic mass is 10.1. The highest BCUT2D eigenvalue weighted by Gasteiger charge is 2.23. The zero-order valence-electron chi connectivity index (χ0n) is 11.9. The van der Waals surface area contributed by atoms with Gasteiger partial charge < -0.3 is 14.7 Å². The molecule has 6 nitrogen and oxygen atoms in total. The van der Waals surface area contributed by atoms with E-state index in [1.807, 2.05) is 0 Å². The molecule has 0 radical (unpaired) electrons. The second-order valence-electron chi connectivity index (χ2n) is 4.72. The number of carbonyl (C=O) groups excluding carboxylic acids is 2. The highest BCUT2D eigenvalue weighted by Crippen LogP contribution is 2.09. The molecule has 1 rings (SSSR count). The summed E-state index contributed by atoms with van der Waals surface area (Å²) in [7, 11) is 1.31. The smallest absolute Gasteiger partial charge is 0.310 e. The number of methoxy groups -OCH3 is 1. The summed E-state index contributed by atoms with van der Waals surface area (Å²) in [6.07, 6.45) is 2.38. The quantitative estimate of drug-likeness (QED) is 0.776. The van der Waals surface area contributed by atoms with Crippen LogP contribution in [0.3, 0.4) is 0 Å². The van der Waals surface area contributed by atoms with E-state index in [-0.39, 0.29) is 25.0 Å². The third-order valence-electron chi connectivity index (χ3n) is 2.80. The van der Waals surface area contributed by atoms with Crippen molar-refractivity contribution in [1.29, 1.82) is 0 Å². The number of aromatic nitrogens is 1. The van der Waals surface area contributed by atoms with Gasteiger partial charge in [-0.15, -0.1) is 0 Å². The Hall–Kier alpha value is -1.95. The van der Waals surface area contributed by atoms with Crippen LogP contribution in [0.2, 0.25) is 0 Å². The number of nitrogens with zero attached hydrogens (tertiary/aromatic N) is 2. The Morgan fingerprint density at radius 2 is 1.90 bits per heavy atom. The molecule has 2 atom stereocenters. The van der Waals surface area contributed by atoms with Crippen molar-refractivity contribution in [2.75, 3.05) is 20.2 Å². The van der Waals surface area contributed by atoms with E-state index in [1.54, 1.807) is 26.0 Å². The minimum Gasteiger partial charge on any atom is -0.469 e. The number of hydrogen-bond acceptors (Lipinski definition) is 5. The monoisotopic (exact) mass is 280 g/mol. The van der Waals surface area contributed by atoms with Gasteiger partial charge in [0.05, 0.1) is 19.1 Å². The lowest BCUT2D eigenvalue weighted by Crippen LogP contribution is -2.41. The Kier molecular flexibility index (Phi) is 6.11. The van der Waals surface area contributed by atoms with Crippen LogP contribution in [0.25, 0.3) is 0 Å². The van der Waals surface area contributed by atoms with Crippen molar-refractivity contribution in [1.82, 2.24) is 9.88 Å². The third-order valence-corrected chi connectivity index (χ3v) is 2.80. The summed E-state index contributed by atoms with van der Waals surface area (Å²) in [6, 6.07) is 3.19. The maximum Gasteiger partial charge on any atom is 0.310 e. The molecule has 1 N–H and O–H groups in total. The molecule has 110 valence electrons. The van der Waals surface area contributed by atoms with Crippen LogP contribution < -0.4 is 0 Å². The molecule has 0 aliphatic rings. The van der Waals surface area contributed by atoms with Gasteiger partial charge in [-0.3, -0.25) is 14.6 Å². The summed E-state index contributed by atoms with van der Waals surface area (Å²) in [4.78, 5) is 29.1. The van der Waals surface area contributed by atoms with E-state index >= 15 is 0 Å². The first kappa shape index (κ1) is 16.1. The zero-order chi connectivity index (χ0) is 15.1. The Bertz CT molecular complexity index is 448. The maximum atomic E-state index is 12.4. The molecule has 1 amide bonds. The van der Waals surface area contributed by atoms with Crippen LogP contribution in [0.1, 0.15) is 24.2 Å². The number of pyridine rings is 1. The predicted octanol–water partition coefficient (Wildman–Crippen LogP) is 0.714. The Labute approximate surface area is 118 Å². The Morgan fingerprint density at radius 3 is 2.40 bits per heavy atom.